The van der Waals surface area contributed by atoms with Crippen molar-refractivity contribution in [3.8, 4) is 0 Å². The molecule has 1 aromatic heterocycles. The fourth-order valence-electron chi connectivity index (χ4n) is 2.48. The lowest BCUT2D eigenvalue weighted by atomic mass is 9.95. The van der Waals surface area contributed by atoms with Gasteiger partial charge in [0.25, 0.3) is 0 Å². The Bertz CT molecular complexity index is 398. The second-order valence-corrected chi connectivity index (χ2v) is 5.63. The van der Waals surface area contributed by atoms with Gasteiger partial charge in [0, 0.05) is 25.0 Å². The molecule has 0 saturated carbocycles. The fourth-order valence-corrected chi connectivity index (χ4v) is 2.48. The highest BCUT2D eigenvalue weighted by atomic mass is 16.1. The average molecular weight is 279 g/mol. The molecule has 1 amide bonds. The van der Waals surface area contributed by atoms with E-state index in [4.69, 9.17) is 0 Å². The van der Waals surface area contributed by atoms with Gasteiger partial charge in [-0.15, -0.1) is 10.2 Å². The summed E-state index contributed by atoms with van der Waals surface area (Å²) in [7, 11) is 0. The van der Waals surface area contributed by atoms with Crippen LogP contribution in [-0.4, -0.2) is 51.2 Å². The monoisotopic (exact) mass is 279 g/mol. The maximum Gasteiger partial charge on any atom is 0.223 e. The number of nitrogens with one attached hydrogen (secondary N) is 1. The van der Waals surface area contributed by atoms with Crippen molar-refractivity contribution in [1.82, 2.24) is 25.0 Å². The van der Waals surface area contributed by atoms with Crippen molar-refractivity contribution in [2.75, 3.05) is 19.6 Å². The third-order valence-electron chi connectivity index (χ3n) is 4.10. The second kappa shape index (κ2) is 7.38. The summed E-state index contributed by atoms with van der Waals surface area (Å²) in [5, 5.41) is 10.7. The predicted molar refractivity (Wildman–Crippen MR) is 77.1 cm³/mol. The zero-order valence-electron chi connectivity index (χ0n) is 12.5. The van der Waals surface area contributed by atoms with Crippen molar-refractivity contribution in [2.24, 2.45) is 5.92 Å². The number of amides is 1. The summed E-state index contributed by atoms with van der Waals surface area (Å²) in [6.45, 7) is 8.07. The Balaban J connectivity index is 1.68. The summed E-state index contributed by atoms with van der Waals surface area (Å²) in [5.41, 5.74) is 0. The number of hydrogen-bond donors (Lipinski definition) is 1. The molecule has 0 aliphatic carbocycles. The largest absolute Gasteiger partial charge is 0.353 e. The van der Waals surface area contributed by atoms with Crippen LogP contribution in [0.5, 0.6) is 0 Å². The lowest BCUT2D eigenvalue weighted by Crippen LogP contribution is -2.43. The van der Waals surface area contributed by atoms with Gasteiger partial charge in [-0.25, -0.2) is 0 Å². The van der Waals surface area contributed by atoms with Crippen molar-refractivity contribution in [1.29, 1.82) is 0 Å². The zero-order chi connectivity index (χ0) is 14.4. The van der Waals surface area contributed by atoms with Crippen LogP contribution in [0.25, 0.3) is 0 Å². The van der Waals surface area contributed by atoms with E-state index >= 15 is 0 Å². The smallest absolute Gasteiger partial charge is 0.223 e. The molecule has 0 aromatic carbocycles. The van der Waals surface area contributed by atoms with Crippen LogP contribution in [-0.2, 0) is 11.3 Å². The lowest BCUT2D eigenvalue weighted by molar-refractivity contribution is -0.127. The molecule has 1 aliphatic heterocycles. The Labute approximate surface area is 120 Å². The molecule has 112 valence electrons. The maximum absolute atomic E-state index is 12.1. The molecule has 1 fully saturated rings. The molecule has 1 atom stereocenters. The molecule has 1 N–H and O–H groups in total. The molecule has 20 heavy (non-hydrogen) atoms. The van der Waals surface area contributed by atoms with Crippen LogP contribution in [0.15, 0.2) is 12.7 Å². The standard InChI is InChI=1S/C14H25N5O/c1-3-12(2)17-14(20)13-4-6-18(7-5-13)8-9-19-10-15-16-11-19/h10-13H,3-9H2,1-2H3,(H,17,20)/t12-/m0/s1. The predicted octanol–water partition coefficient (Wildman–Crippen LogP) is 0.905. The average Bonchev–Trinajstić information content (AvgIpc) is 2.98. The Morgan fingerprint density at radius 2 is 1.95 bits per heavy atom. The Morgan fingerprint density at radius 1 is 1.30 bits per heavy atom. The van der Waals surface area contributed by atoms with Crippen molar-refractivity contribution < 1.29 is 4.79 Å². The van der Waals surface area contributed by atoms with Gasteiger partial charge in [0.2, 0.25) is 5.91 Å². The van der Waals surface area contributed by atoms with E-state index in [2.05, 4.69) is 34.3 Å². The minimum absolute atomic E-state index is 0.190. The third kappa shape index (κ3) is 4.30. The van der Waals surface area contributed by atoms with Crippen LogP contribution in [0.4, 0.5) is 0 Å². The Morgan fingerprint density at radius 3 is 2.55 bits per heavy atom. The van der Waals surface area contributed by atoms with Crippen LogP contribution in [0, 0.1) is 5.92 Å². The van der Waals surface area contributed by atoms with E-state index in [1.165, 1.54) is 0 Å². The Hall–Kier alpha value is -1.43. The number of aromatic nitrogens is 3. The molecule has 2 rings (SSSR count). The van der Waals surface area contributed by atoms with Gasteiger partial charge in [0.15, 0.2) is 0 Å². The number of piperidine rings is 1. The van der Waals surface area contributed by atoms with Gasteiger partial charge in [-0.2, -0.15) is 0 Å². The summed E-state index contributed by atoms with van der Waals surface area (Å²) in [6, 6.07) is 0.286. The maximum atomic E-state index is 12.1. The Kier molecular flexibility index (Phi) is 5.52. The van der Waals surface area contributed by atoms with E-state index in [0.29, 0.717) is 0 Å². The summed E-state index contributed by atoms with van der Waals surface area (Å²) >= 11 is 0. The van der Waals surface area contributed by atoms with Gasteiger partial charge < -0.3 is 14.8 Å². The molecule has 2 heterocycles. The number of nitrogens with zero attached hydrogens (tertiary/aromatic N) is 4. The molecule has 1 saturated heterocycles. The van der Waals surface area contributed by atoms with E-state index in [-0.39, 0.29) is 17.9 Å². The number of carbonyl (C=O) groups is 1. The summed E-state index contributed by atoms with van der Waals surface area (Å²) in [4.78, 5) is 14.5. The molecule has 0 unspecified atom stereocenters. The highest BCUT2D eigenvalue weighted by molar-refractivity contribution is 5.79. The molecule has 1 aliphatic rings. The number of rotatable bonds is 6. The first kappa shape index (κ1) is 15.0. The normalized spacial score (nSPS) is 18.9. The van der Waals surface area contributed by atoms with Gasteiger partial charge in [-0.3, -0.25) is 4.79 Å². The highest BCUT2D eigenvalue weighted by Gasteiger charge is 2.25. The molecule has 1 aromatic rings. The van der Waals surface area contributed by atoms with Gasteiger partial charge in [0.1, 0.15) is 12.7 Å². The van der Waals surface area contributed by atoms with Crippen LogP contribution >= 0.6 is 0 Å². The molecule has 6 heteroatoms. The number of likely N-dealkylation sites (tertiary alicyclic amines) is 1. The number of carbonyl (C=O) groups excluding carboxylic acids is 1. The van der Waals surface area contributed by atoms with E-state index in [1.54, 1.807) is 12.7 Å². The minimum Gasteiger partial charge on any atom is -0.353 e. The van der Waals surface area contributed by atoms with Gasteiger partial charge in [0.05, 0.1) is 0 Å². The van der Waals surface area contributed by atoms with Crippen LogP contribution < -0.4 is 5.32 Å². The summed E-state index contributed by atoms with van der Waals surface area (Å²) in [6.07, 6.45) is 6.40. The van der Waals surface area contributed by atoms with E-state index < -0.39 is 0 Å². The van der Waals surface area contributed by atoms with Crippen molar-refractivity contribution in [3.63, 3.8) is 0 Å². The quantitative estimate of drug-likeness (QED) is 0.840. The van der Waals surface area contributed by atoms with Crippen molar-refractivity contribution in [3.05, 3.63) is 12.7 Å². The molecular formula is C14H25N5O. The van der Waals surface area contributed by atoms with E-state index in [0.717, 1.165) is 45.4 Å². The van der Waals surface area contributed by atoms with Gasteiger partial charge >= 0.3 is 0 Å². The summed E-state index contributed by atoms with van der Waals surface area (Å²) in [5.74, 6) is 0.424. The SMILES string of the molecule is CC[C@H](C)NC(=O)C1CCN(CCn2cnnc2)CC1. The zero-order valence-corrected chi connectivity index (χ0v) is 12.5. The van der Waals surface area contributed by atoms with Crippen LogP contribution in [0.2, 0.25) is 0 Å². The molecule has 0 bridgehead atoms. The molecule has 0 spiro atoms. The minimum atomic E-state index is 0.190. The van der Waals surface area contributed by atoms with Crippen LogP contribution in [0.1, 0.15) is 33.1 Å². The first-order chi connectivity index (χ1) is 9.69. The van der Waals surface area contributed by atoms with Gasteiger partial charge in [-0.05, 0) is 39.3 Å². The van der Waals surface area contributed by atoms with Crippen LogP contribution in [0.3, 0.4) is 0 Å². The fraction of sp³-hybridized carbons (Fsp3) is 0.786. The summed E-state index contributed by atoms with van der Waals surface area (Å²) < 4.78 is 1.99. The second-order valence-electron chi connectivity index (χ2n) is 5.63. The lowest BCUT2D eigenvalue weighted by Gasteiger charge is -2.31. The third-order valence-corrected chi connectivity index (χ3v) is 4.10. The molecule has 0 radical (unpaired) electrons. The highest BCUT2D eigenvalue weighted by Crippen LogP contribution is 2.17. The van der Waals surface area contributed by atoms with E-state index in [1.807, 2.05) is 4.57 Å². The van der Waals surface area contributed by atoms with Crippen molar-refractivity contribution in [2.45, 2.75) is 45.7 Å². The molecular weight excluding hydrogens is 254 g/mol. The van der Waals surface area contributed by atoms with Crippen molar-refractivity contribution >= 4 is 5.91 Å². The first-order valence-electron chi connectivity index (χ1n) is 7.54. The molecule has 6 nitrogen and oxygen atoms in total. The van der Waals surface area contributed by atoms with E-state index in [9.17, 15) is 4.79 Å². The number of hydrogen-bond acceptors (Lipinski definition) is 4. The topological polar surface area (TPSA) is 63.1 Å². The first-order valence-corrected chi connectivity index (χ1v) is 7.54. The van der Waals surface area contributed by atoms with Gasteiger partial charge in [-0.1, -0.05) is 6.92 Å².